The second-order valence-electron chi connectivity index (χ2n) is 8.22. The first-order valence-electron chi connectivity index (χ1n) is 11.3. The van der Waals surface area contributed by atoms with Crippen LogP contribution in [-0.4, -0.2) is 84.0 Å². The number of rotatable bonds is 11. The SMILES string of the molecule is COc1ccnc(S(=O)(=O)Nc2ccc(-c3nc(NCCN(C)CCO)c4c(C)n[nH]c4n3)cc2F)c1. The number of methoxy groups -OCH3 is 1. The number of H-pyrrole nitrogens is 1. The van der Waals surface area contributed by atoms with E-state index in [1.807, 2.05) is 18.9 Å². The highest BCUT2D eigenvalue weighted by Crippen LogP contribution is 2.28. The van der Waals surface area contributed by atoms with E-state index in [9.17, 15) is 8.42 Å². The van der Waals surface area contributed by atoms with Crippen molar-refractivity contribution in [3.05, 3.63) is 48.0 Å². The summed E-state index contributed by atoms with van der Waals surface area (Å²) in [5.74, 6) is 0.244. The number of aliphatic hydroxyl groups excluding tert-OH is 1. The van der Waals surface area contributed by atoms with Crippen LogP contribution in [-0.2, 0) is 10.0 Å². The molecule has 0 aliphatic heterocycles. The van der Waals surface area contributed by atoms with Gasteiger partial charge in [0.2, 0.25) is 0 Å². The van der Waals surface area contributed by atoms with Gasteiger partial charge in [-0.1, -0.05) is 0 Å². The van der Waals surface area contributed by atoms with E-state index < -0.39 is 15.8 Å². The zero-order valence-electron chi connectivity index (χ0n) is 20.5. The number of fused-ring (bicyclic) bond motifs is 1. The number of pyridine rings is 1. The Hall–Kier alpha value is -3.88. The van der Waals surface area contributed by atoms with Gasteiger partial charge in [0.1, 0.15) is 17.4 Å². The predicted octanol–water partition coefficient (Wildman–Crippen LogP) is 2.01. The van der Waals surface area contributed by atoms with E-state index in [1.165, 1.54) is 37.6 Å². The molecule has 4 rings (SSSR count). The number of halogens is 1. The standard InChI is InChI=1S/C23H27FN8O4S/c1-14-20-22(26-8-9-32(2)10-11-33)27-21(28-23(20)30-29-14)15-4-5-18(17(24)12-15)31-37(34,35)19-13-16(36-3)6-7-25-19/h4-7,12-13,31,33H,8-11H2,1-3H3,(H2,26,27,28,29,30). The van der Waals surface area contributed by atoms with Gasteiger partial charge < -0.3 is 20.1 Å². The molecule has 0 unspecified atom stereocenters. The second-order valence-corrected chi connectivity index (χ2v) is 9.85. The van der Waals surface area contributed by atoms with Gasteiger partial charge in [-0.05, 0) is 38.2 Å². The van der Waals surface area contributed by atoms with Crippen molar-refractivity contribution in [3.63, 3.8) is 0 Å². The lowest BCUT2D eigenvalue weighted by molar-refractivity contribution is 0.225. The third-order valence-electron chi connectivity index (χ3n) is 5.56. The highest BCUT2D eigenvalue weighted by Gasteiger charge is 2.20. The maximum Gasteiger partial charge on any atom is 0.279 e. The zero-order chi connectivity index (χ0) is 26.6. The van der Waals surface area contributed by atoms with Gasteiger partial charge in [0.05, 0.1) is 30.5 Å². The third kappa shape index (κ3) is 5.93. The maximum absolute atomic E-state index is 15.0. The summed E-state index contributed by atoms with van der Waals surface area (Å²) in [6, 6.07) is 6.71. The van der Waals surface area contributed by atoms with E-state index >= 15 is 4.39 Å². The Morgan fingerprint density at radius 2 is 2.00 bits per heavy atom. The number of nitrogens with one attached hydrogen (secondary N) is 3. The van der Waals surface area contributed by atoms with Crippen LogP contribution in [0.4, 0.5) is 15.9 Å². The van der Waals surface area contributed by atoms with Crippen LogP contribution < -0.4 is 14.8 Å². The number of sulfonamides is 1. The number of aromatic nitrogens is 5. The minimum absolute atomic E-state index is 0.0625. The highest BCUT2D eigenvalue weighted by molar-refractivity contribution is 7.92. The third-order valence-corrected chi connectivity index (χ3v) is 6.82. The number of anilines is 2. The average molecular weight is 531 g/mol. The van der Waals surface area contributed by atoms with E-state index in [1.54, 1.807) is 0 Å². The number of likely N-dealkylation sites (N-methyl/N-ethyl adjacent to an activating group) is 1. The van der Waals surface area contributed by atoms with Gasteiger partial charge in [0.15, 0.2) is 16.5 Å². The molecule has 196 valence electrons. The molecule has 0 saturated carbocycles. The highest BCUT2D eigenvalue weighted by atomic mass is 32.2. The Kier molecular flexibility index (Phi) is 7.80. The molecule has 4 N–H and O–H groups in total. The van der Waals surface area contributed by atoms with E-state index in [0.29, 0.717) is 53.5 Å². The van der Waals surface area contributed by atoms with Gasteiger partial charge in [-0.25, -0.2) is 19.3 Å². The molecule has 0 aliphatic rings. The molecule has 3 heterocycles. The smallest absolute Gasteiger partial charge is 0.279 e. The van der Waals surface area contributed by atoms with E-state index in [0.717, 1.165) is 6.07 Å². The van der Waals surface area contributed by atoms with Crippen molar-refractivity contribution in [3.8, 4) is 17.1 Å². The van der Waals surface area contributed by atoms with Gasteiger partial charge in [-0.3, -0.25) is 9.82 Å². The number of ether oxygens (including phenoxy) is 1. The monoisotopic (exact) mass is 530 g/mol. The first kappa shape index (κ1) is 26.2. The van der Waals surface area contributed by atoms with Crippen LogP contribution in [0.1, 0.15) is 5.69 Å². The van der Waals surface area contributed by atoms with E-state index in [2.05, 4.69) is 35.2 Å². The average Bonchev–Trinajstić information content (AvgIpc) is 3.26. The van der Waals surface area contributed by atoms with Crippen molar-refractivity contribution in [1.82, 2.24) is 30.0 Å². The molecule has 1 aromatic carbocycles. The number of aromatic amines is 1. The van der Waals surface area contributed by atoms with Gasteiger partial charge in [-0.15, -0.1) is 0 Å². The van der Waals surface area contributed by atoms with Crippen molar-refractivity contribution in [2.75, 3.05) is 50.4 Å². The van der Waals surface area contributed by atoms with Crippen LogP contribution in [0, 0.1) is 12.7 Å². The molecular weight excluding hydrogens is 503 g/mol. The number of aryl methyl sites for hydroxylation is 1. The fourth-order valence-corrected chi connectivity index (χ4v) is 4.61. The number of benzene rings is 1. The molecule has 0 fully saturated rings. The van der Waals surface area contributed by atoms with Gasteiger partial charge in [0, 0.05) is 37.5 Å². The first-order chi connectivity index (χ1) is 17.7. The largest absolute Gasteiger partial charge is 0.497 e. The molecule has 37 heavy (non-hydrogen) atoms. The first-order valence-corrected chi connectivity index (χ1v) is 12.8. The Bertz CT molecular complexity index is 1510. The molecule has 14 heteroatoms. The molecule has 0 radical (unpaired) electrons. The fraction of sp³-hybridized carbons (Fsp3) is 0.304. The van der Waals surface area contributed by atoms with Crippen molar-refractivity contribution >= 4 is 32.6 Å². The molecule has 12 nitrogen and oxygen atoms in total. The maximum atomic E-state index is 15.0. The molecule has 0 saturated heterocycles. The lowest BCUT2D eigenvalue weighted by Crippen LogP contribution is -2.28. The molecule has 0 spiro atoms. The molecule has 0 aliphatic carbocycles. The van der Waals surface area contributed by atoms with Crippen LogP contribution in [0.15, 0.2) is 41.6 Å². The van der Waals surface area contributed by atoms with Crippen molar-refractivity contribution in [2.24, 2.45) is 0 Å². The zero-order valence-corrected chi connectivity index (χ0v) is 21.3. The number of aliphatic hydroxyl groups is 1. The van der Waals surface area contributed by atoms with Crippen LogP contribution >= 0.6 is 0 Å². The Balaban J connectivity index is 1.60. The van der Waals surface area contributed by atoms with E-state index in [-0.39, 0.29) is 23.1 Å². The minimum Gasteiger partial charge on any atom is -0.497 e. The molecule has 0 bridgehead atoms. The summed E-state index contributed by atoms with van der Waals surface area (Å²) in [5.41, 5.74) is 1.27. The lowest BCUT2D eigenvalue weighted by atomic mass is 10.1. The van der Waals surface area contributed by atoms with Gasteiger partial charge in [0.25, 0.3) is 10.0 Å². The quantitative estimate of drug-likeness (QED) is 0.226. The Morgan fingerprint density at radius 1 is 1.19 bits per heavy atom. The second kappa shape index (κ2) is 11.0. The molecule has 4 aromatic rings. The number of hydrogen-bond donors (Lipinski definition) is 4. The number of nitrogens with zero attached hydrogens (tertiary/aromatic N) is 5. The van der Waals surface area contributed by atoms with Crippen molar-refractivity contribution in [2.45, 2.75) is 11.9 Å². The summed E-state index contributed by atoms with van der Waals surface area (Å²) in [6.45, 7) is 3.62. The summed E-state index contributed by atoms with van der Waals surface area (Å²) >= 11 is 0. The summed E-state index contributed by atoms with van der Waals surface area (Å²) in [4.78, 5) is 14.8. The summed E-state index contributed by atoms with van der Waals surface area (Å²) in [7, 11) is -0.861. The van der Waals surface area contributed by atoms with Crippen LogP contribution in [0.25, 0.3) is 22.4 Å². The molecular formula is C23H27FN8O4S. The fourth-order valence-electron chi connectivity index (χ4n) is 3.58. The molecule has 0 amide bonds. The van der Waals surface area contributed by atoms with E-state index in [4.69, 9.17) is 9.84 Å². The van der Waals surface area contributed by atoms with Crippen LogP contribution in [0.5, 0.6) is 5.75 Å². The van der Waals surface area contributed by atoms with Crippen molar-refractivity contribution in [1.29, 1.82) is 0 Å². The summed E-state index contributed by atoms with van der Waals surface area (Å²) in [5, 5.41) is 19.8. The van der Waals surface area contributed by atoms with Crippen LogP contribution in [0.2, 0.25) is 0 Å². The topological polar surface area (TPSA) is 158 Å². The normalized spacial score (nSPS) is 11.7. The lowest BCUT2D eigenvalue weighted by Gasteiger charge is -2.16. The van der Waals surface area contributed by atoms with Gasteiger partial charge >= 0.3 is 0 Å². The molecule has 0 atom stereocenters. The Labute approximate surface area is 213 Å². The summed E-state index contributed by atoms with van der Waals surface area (Å²) < 4.78 is 47.7. The number of hydrogen-bond acceptors (Lipinski definition) is 10. The summed E-state index contributed by atoms with van der Waals surface area (Å²) in [6.07, 6.45) is 1.29. The predicted molar refractivity (Wildman–Crippen MR) is 136 cm³/mol. The minimum atomic E-state index is -4.16. The van der Waals surface area contributed by atoms with Gasteiger partial charge in [-0.2, -0.15) is 13.5 Å². The van der Waals surface area contributed by atoms with Crippen LogP contribution in [0.3, 0.4) is 0 Å². The Morgan fingerprint density at radius 3 is 2.73 bits per heavy atom. The molecule has 3 aromatic heterocycles. The van der Waals surface area contributed by atoms with Crippen molar-refractivity contribution < 1.29 is 22.7 Å².